The fourth-order valence-corrected chi connectivity index (χ4v) is 1.83. The number of hydrogen-bond donors (Lipinski definition) is 2. The van der Waals surface area contributed by atoms with Crippen LogP contribution in [0.5, 0.6) is 0 Å². The summed E-state index contributed by atoms with van der Waals surface area (Å²) in [5.74, 6) is 0. The number of aryl methyl sites for hydroxylation is 2. The second-order valence-corrected chi connectivity index (χ2v) is 4.38. The molecule has 88 valence electrons. The third-order valence-electron chi connectivity index (χ3n) is 2.89. The molecule has 0 saturated heterocycles. The molecule has 0 amide bonds. The monoisotopic (exact) mass is 226 g/mol. The Bertz CT molecular complexity index is 481. The highest BCUT2D eigenvalue weighted by atomic mass is 14.9. The Morgan fingerprint density at radius 2 is 1.71 bits per heavy atom. The fourth-order valence-electron chi connectivity index (χ4n) is 1.83. The van der Waals surface area contributed by atoms with Crippen molar-refractivity contribution in [3.05, 3.63) is 59.2 Å². The molecule has 0 unspecified atom stereocenters. The predicted octanol–water partition coefficient (Wildman–Crippen LogP) is 3.50. The van der Waals surface area contributed by atoms with Crippen molar-refractivity contribution >= 4 is 11.4 Å². The SMILES string of the molecule is Cc1ccc(CNc2c(C)cccc2N)cc1. The molecule has 0 aromatic heterocycles. The van der Waals surface area contributed by atoms with Crippen LogP contribution in [-0.4, -0.2) is 0 Å². The summed E-state index contributed by atoms with van der Waals surface area (Å²) in [7, 11) is 0. The molecular weight excluding hydrogens is 208 g/mol. The van der Waals surface area contributed by atoms with E-state index < -0.39 is 0 Å². The highest BCUT2D eigenvalue weighted by Gasteiger charge is 2.01. The maximum Gasteiger partial charge on any atom is 0.0606 e. The molecule has 2 rings (SSSR count). The van der Waals surface area contributed by atoms with Crippen molar-refractivity contribution < 1.29 is 0 Å². The molecule has 2 nitrogen and oxygen atoms in total. The Hall–Kier alpha value is -1.96. The van der Waals surface area contributed by atoms with Gasteiger partial charge in [-0.15, -0.1) is 0 Å². The molecule has 17 heavy (non-hydrogen) atoms. The standard InChI is InChI=1S/C15H18N2/c1-11-6-8-13(9-7-11)10-17-15-12(2)4-3-5-14(15)16/h3-9,17H,10,16H2,1-2H3. The zero-order valence-electron chi connectivity index (χ0n) is 10.3. The molecule has 0 spiro atoms. The Morgan fingerprint density at radius 1 is 1.00 bits per heavy atom. The number of nitrogens with one attached hydrogen (secondary N) is 1. The molecule has 3 N–H and O–H groups in total. The summed E-state index contributed by atoms with van der Waals surface area (Å²) in [4.78, 5) is 0. The molecule has 0 fully saturated rings. The van der Waals surface area contributed by atoms with Gasteiger partial charge in [0.05, 0.1) is 11.4 Å². The van der Waals surface area contributed by atoms with Crippen LogP contribution in [0.4, 0.5) is 11.4 Å². The first-order chi connectivity index (χ1) is 8.16. The van der Waals surface area contributed by atoms with Gasteiger partial charge in [0, 0.05) is 6.54 Å². The van der Waals surface area contributed by atoms with Gasteiger partial charge < -0.3 is 11.1 Å². The largest absolute Gasteiger partial charge is 0.397 e. The Morgan fingerprint density at radius 3 is 2.35 bits per heavy atom. The van der Waals surface area contributed by atoms with Gasteiger partial charge in [0.1, 0.15) is 0 Å². The quantitative estimate of drug-likeness (QED) is 0.786. The number of para-hydroxylation sites is 1. The van der Waals surface area contributed by atoms with Crippen LogP contribution in [0.25, 0.3) is 0 Å². The average molecular weight is 226 g/mol. The number of anilines is 2. The van der Waals surface area contributed by atoms with Crippen LogP contribution in [-0.2, 0) is 6.54 Å². The van der Waals surface area contributed by atoms with E-state index in [9.17, 15) is 0 Å². The van der Waals surface area contributed by atoms with E-state index in [1.165, 1.54) is 16.7 Å². The molecule has 0 aliphatic heterocycles. The van der Waals surface area contributed by atoms with Crippen LogP contribution in [0.2, 0.25) is 0 Å². The van der Waals surface area contributed by atoms with E-state index in [1.807, 2.05) is 12.1 Å². The van der Waals surface area contributed by atoms with Gasteiger partial charge in [-0.1, -0.05) is 42.0 Å². The van der Waals surface area contributed by atoms with Crippen molar-refractivity contribution in [1.82, 2.24) is 0 Å². The lowest BCUT2D eigenvalue weighted by molar-refractivity contribution is 1.14. The minimum atomic E-state index is 0.801. The summed E-state index contributed by atoms with van der Waals surface area (Å²) in [6.07, 6.45) is 0. The maximum absolute atomic E-state index is 5.95. The van der Waals surface area contributed by atoms with E-state index in [2.05, 4.69) is 49.5 Å². The third-order valence-corrected chi connectivity index (χ3v) is 2.89. The van der Waals surface area contributed by atoms with Crippen molar-refractivity contribution in [2.75, 3.05) is 11.1 Å². The van der Waals surface area contributed by atoms with Crippen LogP contribution < -0.4 is 11.1 Å². The smallest absolute Gasteiger partial charge is 0.0606 e. The molecule has 0 aliphatic carbocycles. The number of nitrogens with two attached hydrogens (primary N) is 1. The summed E-state index contributed by atoms with van der Waals surface area (Å²) in [6.45, 7) is 4.96. The van der Waals surface area contributed by atoms with Gasteiger partial charge in [-0.3, -0.25) is 0 Å². The molecule has 0 aliphatic rings. The van der Waals surface area contributed by atoms with Crippen LogP contribution in [0, 0.1) is 13.8 Å². The van der Waals surface area contributed by atoms with Gasteiger partial charge in [0.2, 0.25) is 0 Å². The Labute approximate surface area is 102 Å². The second-order valence-electron chi connectivity index (χ2n) is 4.38. The lowest BCUT2D eigenvalue weighted by atomic mass is 10.1. The van der Waals surface area contributed by atoms with Crippen molar-refractivity contribution in [3.63, 3.8) is 0 Å². The summed E-state index contributed by atoms with van der Waals surface area (Å²) < 4.78 is 0. The predicted molar refractivity (Wildman–Crippen MR) is 74.1 cm³/mol. The molecule has 0 atom stereocenters. The van der Waals surface area contributed by atoms with E-state index in [4.69, 9.17) is 5.73 Å². The highest BCUT2D eigenvalue weighted by molar-refractivity contribution is 5.69. The minimum absolute atomic E-state index is 0.801. The van der Waals surface area contributed by atoms with Crippen molar-refractivity contribution in [2.45, 2.75) is 20.4 Å². The molecule has 0 heterocycles. The first-order valence-electron chi connectivity index (χ1n) is 5.81. The van der Waals surface area contributed by atoms with E-state index >= 15 is 0 Å². The number of hydrogen-bond acceptors (Lipinski definition) is 2. The lowest BCUT2D eigenvalue weighted by Gasteiger charge is -2.12. The van der Waals surface area contributed by atoms with Crippen LogP contribution >= 0.6 is 0 Å². The molecule has 0 bridgehead atoms. The van der Waals surface area contributed by atoms with Crippen molar-refractivity contribution in [2.24, 2.45) is 0 Å². The lowest BCUT2D eigenvalue weighted by Crippen LogP contribution is -2.04. The van der Waals surface area contributed by atoms with Gasteiger partial charge in [0.25, 0.3) is 0 Å². The van der Waals surface area contributed by atoms with E-state index in [-0.39, 0.29) is 0 Å². The summed E-state index contributed by atoms with van der Waals surface area (Å²) in [5, 5.41) is 3.39. The zero-order valence-corrected chi connectivity index (χ0v) is 10.3. The molecular formula is C15H18N2. The Kier molecular flexibility index (Phi) is 3.33. The summed E-state index contributed by atoms with van der Waals surface area (Å²) in [5.41, 5.74) is 11.5. The molecule has 2 heteroatoms. The van der Waals surface area contributed by atoms with Gasteiger partial charge in [-0.05, 0) is 31.0 Å². The minimum Gasteiger partial charge on any atom is -0.397 e. The van der Waals surface area contributed by atoms with Crippen LogP contribution in [0.3, 0.4) is 0 Å². The van der Waals surface area contributed by atoms with E-state index in [0.29, 0.717) is 0 Å². The van der Waals surface area contributed by atoms with Gasteiger partial charge in [-0.2, -0.15) is 0 Å². The first kappa shape index (κ1) is 11.5. The summed E-state index contributed by atoms with van der Waals surface area (Å²) in [6, 6.07) is 14.5. The molecule has 2 aromatic rings. The van der Waals surface area contributed by atoms with Crippen LogP contribution in [0.15, 0.2) is 42.5 Å². The fraction of sp³-hybridized carbons (Fsp3) is 0.200. The number of benzene rings is 2. The van der Waals surface area contributed by atoms with Crippen molar-refractivity contribution in [1.29, 1.82) is 0 Å². The third kappa shape index (κ3) is 2.78. The van der Waals surface area contributed by atoms with Gasteiger partial charge >= 0.3 is 0 Å². The van der Waals surface area contributed by atoms with Gasteiger partial charge in [-0.25, -0.2) is 0 Å². The normalized spacial score (nSPS) is 10.2. The topological polar surface area (TPSA) is 38.0 Å². The first-order valence-corrected chi connectivity index (χ1v) is 5.81. The number of rotatable bonds is 3. The van der Waals surface area contributed by atoms with E-state index in [1.54, 1.807) is 0 Å². The zero-order chi connectivity index (χ0) is 12.3. The van der Waals surface area contributed by atoms with Crippen molar-refractivity contribution in [3.8, 4) is 0 Å². The molecule has 0 radical (unpaired) electrons. The maximum atomic E-state index is 5.95. The second kappa shape index (κ2) is 4.91. The molecule has 0 saturated carbocycles. The number of nitrogen functional groups attached to an aromatic ring is 1. The summed E-state index contributed by atoms with van der Waals surface area (Å²) >= 11 is 0. The van der Waals surface area contributed by atoms with Gasteiger partial charge in [0.15, 0.2) is 0 Å². The Balaban J connectivity index is 2.10. The highest BCUT2D eigenvalue weighted by Crippen LogP contribution is 2.23. The average Bonchev–Trinajstić information content (AvgIpc) is 2.31. The van der Waals surface area contributed by atoms with Crippen LogP contribution in [0.1, 0.15) is 16.7 Å². The molecule has 2 aromatic carbocycles. The van der Waals surface area contributed by atoms with E-state index in [0.717, 1.165) is 17.9 Å².